The highest BCUT2D eigenvalue weighted by Crippen LogP contribution is 2.48. The molecule has 0 radical (unpaired) electrons. The monoisotopic (exact) mass is 769 g/mol. The van der Waals surface area contributed by atoms with Gasteiger partial charge in [0.2, 0.25) is 0 Å². The van der Waals surface area contributed by atoms with E-state index in [0.29, 0.717) is 0 Å². The second-order valence-electron chi connectivity index (χ2n) is 15.2. The fraction of sp³-hybridized carbons (Fsp3) is 0. The Morgan fingerprint density at radius 2 is 0.966 bits per heavy atom. The van der Waals surface area contributed by atoms with Gasteiger partial charge < -0.3 is 9.32 Å². The lowest BCUT2D eigenvalue weighted by atomic mass is 9.95. The van der Waals surface area contributed by atoms with E-state index in [9.17, 15) is 0 Å². The number of furan rings is 1. The topological polar surface area (TPSA) is 16.4 Å². The van der Waals surface area contributed by atoms with Crippen LogP contribution in [0.5, 0.6) is 0 Å². The van der Waals surface area contributed by atoms with Crippen molar-refractivity contribution in [3.8, 4) is 33.4 Å². The molecule has 0 unspecified atom stereocenters. The molecule has 0 aliphatic carbocycles. The van der Waals surface area contributed by atoms with Gasteiger partial charge in [-0.2, -0.15) is 0 Å². The zero-order valence-electron chi connectivity index (χ0n) is 32.0. The smallest absolute Gasteiger partial charge is 0.143 e. The quantitative estimate of drug-likeness (QED) is 0.167. The van der Waals surface area contributed by atoms with E-state index in [1.54, 1.807) is 0 Å². The second kappa shape index (κ2) is 13.6. The Bertz CT molecular complexity index is 3570. The lowest BCUT2D eigenvalue weighted by Gasteiger charge is -2.28. The zero-order chi connectivity index (χ0) is 38.9. The summed E-state index contributed by atoms with van der Waals surface area (Å²) in [4.78, 5) is 2.42. The minimum Gasteiger partial charge on any atom is -0.455 e. The predicted octanol–water partition coefficient (Wildman–Crippen LogP) is 16.7. The normalized spacial score (nSPS) is 11.7. The van der Waals surface area contributed by atoms with E-state index < -0.39 is 0 Å². The van der Waals surface area contributed by atoms with E-state index in [1.807, 2.05) is 11.3 Å². The molecule has 0 aliphatic heterocycles. The molecule has 12 aromatic rings. The summed E-state index contributed by atoms with van der Waals surface area (Å²) in [5, 5.41) is 9.59. The Balaban J connectivity index is 1.04. The second-order valence-corrected chi connectivity index (χ2v) is 16.3. The molecule has 0 saturated heterocycles. The van der Waals surface area contributed by atoms with Gasteiger partial charge in [-0.05, 0) is 98.6 Å². The number of rotatable bonds is 6. The van der Waals surface area contributed by atoms with Gasteiger partial charge in [0.1, 0.15) is 11.2 Å². The molecule has 3 heteroatoms. The third-order valence-electron chi connectivity index (χ3n) is 11.9. The van der Waals surface area contributed by atoms with Crippen LogP contribution in [0, 0.1) is 0 Å². The molecule has 0 amide bonds. The van der Waals surface area contributed by atoms with Gasteiger partial charge in [-0.1, -0.05) is 158 Å². The molecule has 2 heterocycles. The largest absolute Gasteiger partial charge is 0.455 e. The van der Waals surface area contributed by atoms with Crippen molar-refractivity contribution >= 4 is 92.1 Å². The molecule has 0 aliphatic rings. The highest BCUT2D eigenvalue weighted by atomic mass is 32.1. The molecule has 59 heavy (non-hydrogen) atoms. The van der Waals surface area contributed by atoms with E-state index in [0.717, 1.165) is 55.5 Å². The van der Waals surface area contributed by atoms with Gasteiger partial charge in [0.25, 0.3) is 0 Å². The molecule has 276 valence electrons. The molecule has 0 fully saturated rings. The lowest BCUT2D eigenvalue weighted by molar-refractivity contribution is 0.672. The molecule has 0 bridgehead atoms. The van der Waals surface area contributed by atoms with Crippen molar-refractivity contribution in [3.05, 3.63) is 212 Å². The maximum Gasteiger partial charge on any atom is 0.143 e. The van der Waals surface area contributed by atoms with E-state index in [1.165, 1.54) is 58.6 Å². The fourth-order valence-electron chi connectivity index (χ4n) is 9.08. The average Bonchev–Trinajstić information content (AvgIpc) is 3.88. The molecule has 2 nitrogen and oxygen atoms in total. The van der Waals surface area contributed by atoms with Gasteiger partial charge in [-0.15, -0.1) is 11.3 Å². The maximum atomic E-state index is 6.75. The molecule has 0 saturated carbocycles. The number of nitrogens with zero attached hydrogens (tertiary/aromatic N) is 1. The molecule has 2 aromatic heterocycles. The van der Waals surface area contributed by atoms with Gasteiger partial charge in [-0.3, -0.25) is 0 Å². The van der Waals surface area contributed by atoms with Crippen molar-refractivity contribution in [1.82, 2.24) is 0 Å². The van der Waals surface area contributed by atoms with Crippen LogP contribution >= 0.6 is 11.3 Å². The Morgan fingerprint density at radius 1 is 0.356 bits per heavy atom. The Morgan fingerprint density at radius 3 is 1.86 bits per heavy atom. The number of para-hydroxylation sites is 1. The summed E-state index contributed by atoms with van der Waals surface area (Å²) < 4.78 is 9.34. The number of anilines is 3. The summed E-state index contributed by atoms with van der Waals surface area (Å²) in [5.74, 6) is 0. The number of hydrogen-bond donors (Lipinski definition) is 0. The fourth-order valence-corrected chi connectivity index (χ4v) is 10.2. The van der Waals surface area contributed by atoms with Crippen LogP contribution in [0.1, 0.15) is 0 Å². The van der Waals surface area contributed by atoms with Crippen molar-refractivity contribution in [2.45, 2.75) is 0 Å². The highest BCUT2D eigenvalue weighted by molar-refractivity contribution is 7.25. The van der Waals surface area contributed by atoms with Gasteiger partial charge >= 0.3 is 0 Å². The third-order valence-corrected chi connectivity index (χ3v) is 13.0. The van der Waals surface area contributed by atoms with Crippen LogP contribution in [0.15, 0.2) is 217 Å². The zero-order valence-corrected chi connectivity index (χ0v) is 32.8. The Labute approximate surface area is 345 Å². The molecule has 0 atom stereocenters. The van der Waals surface area contributed by atoms with Crippen molar-refractivity contribution in [2.75, 3.05) is 4.90 Å². The molecule has 0 spiro atoms. The summed E-state index contributed by atoms with van der Waals surface area (Å²) in [5.41, 5.74) is 12.2. The van der Waals surface area contributed by atoms with Gasteiger partial charge in [0, 0.05) is 42.2 Å². The number of benzene rings is 10. The summed E-state index contributed by atoms with van der Waals surface area (Å²) in [6, 6.07) is 77.0. The molecular formula is C56H35NOS. The first kappa shape index (κ1) is 33.7. The number of hydrogen-bond acceptors (Lipinski definition) is 3. The molecule has 10 aromatic carbocycles. The molecule has 12 rings (SSSR count). The summed E-state index contributed by atoms with van der Waals surface area (Å²) >= 11 is 1.86. The van der Waals surface area contributed by atoms with Crippen LogP contribution < -0.4 is 4.90 Å². The van der Waals surface area contributed by atoms with Gasteiger partial charge in [-0.25, -0.2) is 0 Å². The number of thiophene rings is 1. The Kier molecular flexibility index (Phi) is 7.75. The first-order chi connectivity index (χ1) is 29.2. The van der Waals surface area contributed by atoms with Crippen LogP contribution in [0.3, 0.4) is 0 Å². The van der Waals surface area contributed by atoms with Crippen molar-refractivity contribution in [1.29, 1.82) is 0 Å². The van der Waals surface area contributed by atoms with Crippen LogP contribution in [-0.4, -0.2) is 0 Å². The minimum atomic E-state index is 0.866. The SMILES string of the molecule is c1cc(-c2ccc(N(c3ccccc3-c3ccc4c(c3)sc3ccccc34)c3cccc4oc5c6ccccc6ccc5c34)cc2)cc(-c2cccc3ccccc23)c1. The first-order valence-electron chi connectivity index (χ1n) is 20.1. The van der Waals surface area contributed by atoms with E-state index in [4.69, 9.17) is 4.42 Å². The van der Waals surface area contributed by atoms with Crippen LogP contribution in [0.25, 0.3) is 97.0 Å². The van der Waals surface area contributed by atoms with E-state index >= 15 is 0 Å². The molecule has 0 N–H and O–H groups in total. The van der Waals surface area contributed by atoms with Crippen LogP contribution in [0.4, 0.5) is 17.1 Å². The lowest BCUT2D eigenvalue weighted by Crippen LogP contribution is -2.11. The molecular weight excluding hydrogens is 735 g/mol. The standard InChI is InChI=1S/C56H35NOS/c1-3-17-43-37(12-1)14-10-21-44(43)40-16-9-15-39(34-40)36-26-30-42(31-27-36)57(51-23-11-24-52-55(51)49-33-28-38-13-2-4-19-46(38)56(49)58-52)50-22-7-5-18-45(50)41-29-32-48-47-20-6-8-25-53(47)59-54(48)35-41/h1-35H. The van der Waals surface area contributed by atoms with E-state index in [2.05, 4.69) is 217 Å². The van der Waals surface area contributed by atoms with E-state index in [-0.39, 0.29) is 0 Å². The summed E-state index contributed by atoms with van der Waals surface area (Å²) in [6.45, 7) is 0. The first-order valence-corrected chi connectivity index (χ1v) is 20.9. The summed E-state index contributed by atoms with van der Waals surface area (Å²) in [7, 11) is 0. The van der Waals surface area contributed by atoms with Crippen molar-refractivity contribution < 1.29 is 4.42 Å². The number of fused-ring (bicyclic) bond motifs is 9. The highest BCUT2D eigenvalue weighted by Gasteiger charge is 2.23. The van der Waals surface area contributed by atoms with Crippen molar-refractivity contribution in [3.63, 3.8) is 0 Å². The van der Waals surface area contributed by atoms with Crippen molar-refractivity contribution in [2.24, 2.45) is 0 Å². The minimum absolute atomic E-state index is 0.866. The summed E-state index contributed by atoms with van der Waals surface area (Å²) in [6.07, 6.45) is 0. The van der Waals surface area contributed by atoms with Crippen LogP contribution in [-0.2, 0) is 0 Å². The predicted molar refractivity (Wildman–Crippen MR) is 253 cm³/mol. The maximum absolute atomic E-state index is 6.75. The van der Waals surface area contributed by atoms with Gasteiger partial charge in [0.05, 0.1) is 16.8 Å². The Hall–Kier alpha value is -7.46. The van der Waals surface area contributed by atoms with Gasteiger partial charge in [0.15, 0.2) is 0 Å². The average molecular weight is 770 g/mol. The van der Waals surface area contributed by atoms with Crippen LogP contribution in [0.2, 0.25) is 0 Å². The third kappa shape index (κ3) is 5.55.